The van der Waals surface area contributed by atoms with E-state index in [0.717, 1.165) is 0 Å². The van der Waals surface area contributed by atoms with Gasteiger partial charge in [-0.1, -0.05) is 53.0 Å². The number of nitrogen functional groups attached to an aromatic ring is 2. The van der Waals surface area contributed by atoms with E-state index < -0.39 is 84.4 Å². The molecule has 236 valence electrons. The number of nitrogens with zero attached hydrogens (tertiary/aromatic N) is 6. The van der Waals surface area contributed by atoms with Crippen molar-refractivity contribution in [1.29, 1.82) is 5.26 Å². The van der Waals surface area contributed by atoms with Crippen LogP contribution < -0.4 is 11.5 Å². The third kappa shape index (κ3) is 6.85. The first kappa shape index (κ1) is 34.7. The summed E-state index contributed by atoms with van der Waals surface area (Å²) in [5.74, 6) is -1.71. The number of nitriles is 1. The van der Waals surface area contributed by atoms with Crippen molar-refractivity contribution in [3.05, 3.63) is 72.6 Å². The van der Waals surface area contributed by atoms with Crippen molar-refractivity contribution in [3.63, 3.8) is 0 Å². The zero-order valence-corrected chi connectivity index (χ0v) is 26.4. The van der Waals surface area contributed by atoms with E-state index in [-0.39, 0.29) is 33.0 Å². The van der Waals surface area contributed by atoms with E-state index in [4.69, 9.17) is 64.4 Å². The summed E-state index contributed by atoms with van der Waals surface area (Å²) in [4.78, 5) is 2.13. The van der Waals surface area contributed by atoms with Gasteiger partial charge in [-0.2, -0.15) is 36.7 Å². The summed E-state index contributed by atoms with van der Waals surface area (Å²) in [6, 6.07) is 3.71. The molecule has 0 bridgehead atoms. The largest absolute Gasteiger partial charge is 0.416 e. The van der Waals surface area contributed by atoms with Crippen LogP contribution in [-0.4, -0.2) is 28.0 Å². The van der Waals surface area contributed by atoms with Gasteiger partial charge in [0.1, 0.15) is 28.2 Å². The molecule has 2 heterocycles. The Kier molecular flexibility index (Phi) is 9.42. The Hall–Kier alpha value is -3.17. The Morgan fingerprint density at radius 2 is 1.18 bits per heavy atom. The fourth-order valence-electron chi connectivity index (χ4n) is 3.55. The lowest BCUT2D eigenvalue weighted by molar-refractivity contribution is -0.138. The molecule has 23 heteroatoms. The Balaban J connectivity index is 1.75. The Morgan fingerprint density at radius 3 is 1.56 bits per heavy atom. The number of halogens is 10. The van der Waals surface area contributed by atoms with Gasteiger partial charge in [0.05, 0.1) is 36.1 Å². The molecule has 10 nitrogen and oxygen atoms in total. The lowest BCUT2D eigenvalue weighted by Gasteiger charge is -2.13. The topological polar surface area (TPSA) is 150 Å². The molecule has 0 saturated heterocycles. The summed E-state index contributed by atoms with van der Waals surface area (Å²) in [6.45, 7) is 7.39. The third-order valence-electron chi connectivity index (χ3n) is 5.43. The van der Waals surface area contributed by atoms with Gasteiger partial charge in [-0.25, -0.2) is 13.1 Å². The molecule has 4 aromatic rings. The molecule has 0 aliphatic heterocycles. The molecule has 4 rings (SSSR count). The maximum absolute atomic E-state index is 13.3. The summed E-state index contributed by atoms with van der Waals surface area (Å²) in [5.41, 5.74) is 8.31. The van der Waals surface area contributed by atoms with Gasteiger partial charge in [0.2, 0.25) is 0 Å². The zero-order chi connectivity index (χ0) is 33.8. The molecule has 0 aliphatic rings. The zero-order valence-electron chi connectivity index (χ0n) is 21.0. The van der Waals surface area contributed by atoms with Crippen molar-refractivity contribution in [2.75, 3.05) is 11.5 Å². The van der Waals surface area contributed by atoms with Crippen molar-refractivity contribution in [2.45, 2.75) is 22.1 Å². The molecule has 0 spiro atoms. The highest BCUT2D eigenvalue weighted by Gasteiger charge is 2.36. The van der Waals surface area contributed by atoms with Gasteiger partial charge in [-0.05, 0) is 29.4 Å². The van der Waals surface area contributed by atoms with Crippen LogP contribution >= 0.6 is 68.0 Å². The maximum atomic E-state index is 13.3. The molecule has 2 aromatic carbocycles. The molecule has 0 radical (unpaired) electrons. The van der Waals surface area contributed by atoms with Crippen molar-refractivity contribution in [2.24, 2.45) is 0 Å². The van der Waals surface area contributed by atoms with Gasteiger partial charge in [-0.15, -0.1) is 4.68 Å². The molecular weight excluding hydrogens is 760 g/mol. The third-order valence-corrected chi connectivity index (χ3v) is 11.6. The number of aromatic nitrogens is 4. The predicted molar refractivity (Wildman–Crippen MR) is 158 cm³/mol. The molecule has 0 fully saturated rings. The fourth-order valence-corrected chi connectivity index (χ4v) is 9.79. The number of rotatable bonds is 6. The number of alkyl halides is 6. The first-order chi connectivity index (χ1) is 20.7. The second-order valence-electron chi connectivity index (χ2n) is 8.30. The number of hydrogen-bond donors (Lipinski definition) is 2. The summed E-state index contributed by atoms with van der Waals surface area (Å²) in [7, 11) is -4.66. The fraction of sp³-hybridized carbons (Fsp3) is 0.0909. The first-order valence-electron chi connectivity index (χ1n) is 11.0. The highest BCUT2D eigenvalue weighted by Crippen LogP contribution is 2.48. The normalized spacial score (nSPS) is 12.3. The monoisotopic (exact) mass is 766 g/mol. The van der Waals surface area contributed by atoms with Crippen molar-refractivity contribution < 1.29 is 34.8 Å². The van der Waals surface area contributed by atoms with Gasteiger partial charge >= 0.3 is 18.2 Å². The molecule has 2 aromatic heterocycles. The molecular formula is C22H8Cl4F6N8O2S3. The van der Waals surface area contributed by atoms with Crippen LogP contribution in [0, 0.1) is 17.9 Å². The van der Waals surface area contributed by atoms with Crippen LogP contribution in [0.4, 0.5) is 43.8 Å². The quantitative estimate of drug-likeness (QED) is 0.112. The maximum Gasteiger partial charge on any atom is 0.416 e. The van der Waals surface area contributed by atoms with E-state index >= 15 is 0 Å². The molecule has 0 amide bonds. The minimum absolute atomic E-state index is 0.0351. The van der Waals surface area contributed by atoms with E-state index in [1.165, 1.54) is 0 Å². The van der Waals surface area contributed by atoms with Crippen LogP contribution in [0.2, 0.25) is 20.1 Å². The minimum atomic E-state index is -4.81. The average molecular weight is 768 g/mol. The Labute approximate surface area is 275 Å². The Bertz CT molecular complexity index is 1880. The number of anilines is 2. The van der Waals surface area contributed by atoms with E-state index in [1.54, 1.807) is 6.07 Å². The van der Waals surface area contributed by atoms with Crippen molar-refractivity contribution in [3.8, 4) is 17.4 Å². The van der Waals surface area contributed by atoms with Crippen LogP contribution in [0.3, 0.4) is 0 Å². The van der Waals surface area contributed by atoms with E-state index in [1.807, 2.05) is 0 Å². The molecule has 4 N–H and O–H groups in total. The highest BCUT2D eigenvalue weighted by atomic mass is 35.5. The predicted octanol–water partition coefficient (Wildman–Crippen LogP) is 8.43. The SMILES string of the molecule is [C-]#[N+]c1nn(-c2c(Cl)cc(C(F)(F)F)cc2Cl)c(N)c1SS(=O)(=O)Sc1c(C#N)nn(-c2c(Cl)cc(C(F)(F)F)cc2Cl)c1N. The standard InChI is InChI=1S/C22H8Cl4F6N8O2S3/c1-36-20-17(19(35)40(38-20)15-11(25)4-8(5-12(15)26)22(30,31)32)44-45(41,42)43-16-13(6-33)37-39(18(16)34)14-9(23)2-7(3-10(14)24)21(27,28)29/h2-5H,34-35H2. The molecule has 45 heavy (non-hydrogen) atoms. The van der Waals surface area contributed by atoms with E-state index in [2.05, 4.69) is 15.0 Å². The highest BCUT2D eigenvalue weighted by molar-refractivity contribution is 9.04. The van der Waals surface area contributed by atoms with Crippen molar-refractivity contribution in [1.82, 2.24) is 19.6 Å². The van der Waals surface area contributed by atoms with Crippen LogP contribution in [0.15, 0.2) is 34.1 Å². The summed E-state index contributed by atoms with van der Waals surface area (Å²) in [6.07, 6.45) is -9.62. The number of hydrogen-bond acceptors (Lipinski definition) is 9. The molecule has 0 aliphatic carbocycles. The average Bonchev–Trinajstić information content (AvgIpc) is 3.37. The van der Waals surface area contributed by atoms with E-state index in [9.17, 15) is 40.0 Å². The van der Waals surface area contributed by atoms with Crippen LogP contribution in [-0.2, 0) is 20.3 Å². The van der Waals surface area contributed by atoms with Gasteiger partial charge in [0.25, 0.3) is 7.90 Å². The van der Waals surface area contributed by atoms with Gasteiger partial charge in [0.15, 0.2) is 11.5 Å². The molecule has 0 saturated carbocycles. The van der Waals surface area contributed by atoms with Crippen LogP contribution in [0.1, 0.15) is 16.8 Å². The minimum Gasteiger partial charge on any atom is -0.383 e. The van der Waals surface area contributed by atoms with Crippen molar-refractivity contribution >= 4 is 93.3 Å². The summed E-state index contributed by atoms with van der Waals surface area (Å²) < 4.78 is 107. The van der Waals surface area contributed by atoms with Gasteiger partial charge in [-0.3, -0.25) is 0 Å². The lowest BCUT2D eigenvalue weighted by Crippen LogP contribution is -2.08. The smallest absolute Gasteiger partial charge is 0.383 e. The Morgan fingerprint density at radius 1 is 0.800 bits per heavy atom. The lowest BCUT2D eigenvalue weighted by atomic mass is 10.2. The second-order valence-corrected chi connectivity index (χ2v) is 16.2. The van der Waals surface area contributed by atoms with Crippen LogP contribution in [0.25, 0.3) is 16.2 Å². The summed E-state index contributed by atoms with van der Waals surface area (Å²) >= 11 is 24.0. The molecule has 0 atom stereocenters. The van der Waals surface area contributed by atoms with Crippen LogP contribution in [0.5, 0.6) is 0 Å². The van der Waals surface area contributed by atoms with E-state index in [0.29, 0.717) is 33.6 Å². The first-order valence-corrected chi connectivity index (χ1v) is 16.7. The number of nitrogens with two attached hydrogens (primary N) is 2. The van der Waals surface area contributed by atoms with Gasteiger partial charge < -0.3 is 16.3 Å². The second kappa shape index (κ2) is 12.2. The van der Waals surface area contributed by atoms with Gasteiger partial charge in [0, 0.05) is 21.6 Å². The number of benzene rings is 2. The molecule has 0 unspecified atom stereocenters. The summed E-state index contributed by atoms with van der Waals surface area (Å²) in [5, 5.41) is 14.9.